The van der Waals surface area contributed by atoms with Crippen LogP contribution in [0.5, 0.6) is 0 Å². The van der Waals surface area contributed by atoms with Gasteiger partial charge >= 0.3 is 0 Å². The summed E-state index contributed by atoms with van der Waals surface area (Å²) in [6, 6.07) is 7.50. The van der Waals surface area contributed by atoms with E-state index in [1.54, 1.807) is 26.0 Å². The molecule has 30 heavy (non-hydrogen) atoms. The molecule has 162 valence electrons. The highest BCUT2D eigenvalue weighted by molar-refractivity contribution is 6.01. The molecule has 0 bridgehead atoms. The van der Waals surface area contributed by atoms with Gasteiger partial charge in [0.15, 0.2) is 11.6 Å². The minimum absolute atomic E-state index is 0.0368. The Bertz CT molecular complexity index is 933. The smallest absolute Gasteiger partial charge is 0.193 e. The fraction of sp³-hybridized carbons (Fsp3) is 0.538. The molecular formula is C26H34O4. The summed E-state index contributed by atoms with van der Waals surface area (Å²) in [5.74, 6) is -0.807. The van der Waals surface area contributed by atoms with Crippen LogP contribution < -0.4 is 0 Å². The van der Waals surface area contributed by atoms with Crippen LogP contribution in [0.2, 0.25) is 0 Å². The molecule has 0 aliphatic heterocycles. The minimum Gasteiger partial charge on any atom is -0.383 e. The summed E-state index contributed by atoms with van der Waals surface area (Å²) in [5, 5.41) is 20.2. The van der Waals surface area contributed by atoms with Gasteiger partial charge in [0.1, 0.15) is 11.2 Å². The van der Waals surface area contributed by atoms with Crippen LogP contribution in [-0.2, 0) is 10.2 Å². The van der Waals surface area contributed by atoms with Crippen LogP contribution in [0, 0.1) is 11.3 Å². The third kappa shape index (κ3) is 3.83. The van der Waals surface area contributed by atoms with Crippen LogP contribution in [0.1, 0.15) is 77.2 Å². The summed E-state index contributed by atoms with van der Waals surface area (Å²) >= 11 is 0. The zero-order valence-corrected chi connectivity index (χ0v) is 19.2. The molecule has 2 unspecified atom stereocenters. The van der Waals surface area contributed by atoms with Gasteiger partial charge in [0.05, 0.1) is 0 Å². The third-order valence-corrected chi connectivity index (χ3v) is 6.71. The first-order valence-electron chi connectivity index (χ1n) is 10.6. The van der Waals surface area contributed by atoms with Crippen molar-refractivity contribution in [3.8, 4) is 0 Å². The van der Waals surface area contributed by atoms with Crippen molar-refractivity contribution in [2.75, 3.05) is 0 Å². The fourth-order valence-corrected chi connectivity index (χ4v) is 5.21. The highest BCUT2D eigenvalue weighted by Gasteiger charge is 2.49. The standard InChI is InChI=1S/C26H34O4/c1-23(2)15-26(7,18-11-8-16(9-12-18)21(27)24(3,4)29)20-14-17(10-13-19(20)23)22(28)25(5,6)30/h8-13,17,29-30H,14-15H2,1-7H3. The lowest BCUT2D eigenvalue weighted by Gasteiger charge is -2.33. The predicted molar refractivity (Wildman–Crippen MR) is 118 cm³/mol. The molecule has 0 fully saturated rings. The molecule has 0 saturated heterocycles. The number of benzene rings is 1. The summed E-state index contributed by atoms with van der Waals surface area (Å²) in [4.78, 5) is 25.1. The van der Waals surface area contributed by atoms with Gasteiger partial charge < -0.3 is 10.2 Å². The maximum Gasteiger partial charge on any atom is 0.193 e. The SMILES string of the molecule is CC(C)(O)C(=O)c1ccc(C2(C)CC(C)(C)C3=C2CC(C(=O)C(C)(C)O)C=C3)cc1. The largest absolute Gasteiger partial charge is 0.383 e. The summed E-state index contributed by atoms with van der Waals surface area (Å²) < 4.78 is 0. The van der Waals surface area contributed by atoms with Gasteiger partial charge in [0.25, 0.3) is 0 Å². The molecule has 0 amide bonds. The molecule has 2 aliphatic rings. The molecule has 1 aromatic carbocycles. The number of aliphatic hydroxyl groups is 2. The van der Waals surface area contributed by atoms with E-state index in [2.05, 4.69) is 26.8 Å². The molecule has 4 heteroatoms. The number of allylic oxidation sites excluding steroid dienone is 4. The van der Waals surface area contributed by atoms with Crippen LogP contribution in [0.4, 0.5) is 0 Å². The number of carbonyl (C=O) groups excluding carboxylic acids is 2. The topological polar surface area (TPSA) is 74.6 Å². The number of carbonyl (C=O) groups is 2. The molecule has 0 heterocycles. The van der Waals surface area contributed by atoms with Crippen LogP contribution in [0.3, 0.4) is 0 Å². The molecule has 1 aromatic rings. The Hall–Kier alpha value is -2.04. The zero-order chi connectivity index (χ0) is 22.7. The Morgan fingerprint density at radius 2 is 1.53 bits per heavy atom. The Labute approximate surface area is 179 Å². The molecule has 0 radical (unpaired) electrons. The normalized spacial score (nSPS) is 26.0. The van der Waals surface area contributed by atoms with E-state index in [0.717, 1.165) is 12.0 Å². The maximum atomic E-state index is 12.7. The van der Waals surface area contributed by atoms with Gasteiger partial charge in [-0.2, -0.15) is 0 Å². The molecule has 2 atom stereocenters. The van der Waals surface area contributed by atoms with Crippen LogP contribution >= 0.6 is 0 Å². The first-order chi connectivity index (χ1) is 13.6. The van der Waals surface area contributed by atoms with Crippen LogP contribution in [0.15, 0.2) is 47.6 Å². The number of Topliss-reactive ketones (excluding diaryl/α,β-unsaturated/α-hetero) is 2. The Morgan fingerprint density at radius 3 is 2.03 bits per heavy atom. The monoisotopic (exact) mass is 410 g/mol. The molecule has 2 aliphatic carbocycles. The van der Waals surface area contributed by atoms with Gasteiger partial charge in [-0.3, -0.25) is 9.59 Å². The zero-order valence-electron chi connectivity index (χ0n) is 19.2. The maximum absolute atomic E-state index is 12.7. The molecule has 0 aromatic heterocycles. The molecule has 2 N–H and O–H groups in total. The average molecular weight is 411 g/mol. The lowest BCUT2D eigenvalue weighted by Crippen LogP contribution is -2.37. The van der Waals surface area contributed by atoms with Crippen molar-refractivity contribution in [1.82, 2.24) is 0 Å². The van der Waals surface area contributed by atoms with Gasteiger partial charge in [0.2, 0.25) is 0 Å². The van der Waals surface area contributed by atoms with E-state index >= 15 is 0 Å². The van der Waals surface area contributed by atoms with Crippen LogP contribution in [0.25, 0.3) is 0 Å². The average Bonchev–Trinajstić information content (AvgIpc) is 2.85. The Morgan fingerprint density at radius 1 is 0.967 bits per heavy atom. The van der Waals surface area contributed by atoms with Crippen molar-refractivity contribution in [2.24, 2.45) is 11.3 Å². The van der Waals surface area contributed by atoms with Gasteiger partial charge in [-0.1, -0.05) is 62.8 Å². The van der Waals surface area contributed by atoms with Gasteiger partial charge in [-0.05, 0) is 57.1 Å². The van der Waals surface area contributed by atoms with Gasteiger partial charge in [-0.25, -0.2) is 0 Å². The van der Waals surface area contributed by atoms with Crippen LogP contribution in [-0.4, -0.2) is 33.0 Å². The quantitative estimate of drug-likeness (QED) is 0.699. The fourth-order valence-electron chi connectivity index (χ4n) is 5.21. The minimum atomic E-state index is -1.41. The molecule has 3 rings (SSSR count). The number of rotatable bonds is 5. The van der Waals surface area contributed by atoms with Gasteiger partial charge in [-0.15, -0.1) is 0 Å². The van der Waals surface area contributed by atoms with E-state index in [-0.39, 0.29) is 28.3 Å². The van der Waals surface area contributed by atoms with Crippen molar-refractivity contribution in [1.29, 1.82) is 0 Å². The molecule has 4 nitrogen and oxygen atoms in total. The first-order valence-corrected chi connectivity index (χ1v) is 10.6. The van der Waals surface area contributed by atoms with E-state index < -0.39 is 11.2 Å². The number of ketones is 2. The number of hydrogen-bond acceptors (Lipinski definition) is 4. The second-order valence-electron chi connectivity index (χ2n) is 10.8. The molecular weight excluding hydrogens is 376 g/mol. The lowest BCUT2D eigenvalue weighted by atomic mass is 9.70. The molecule has 0 spiro atoms. The highest BCUT2D eigenvalue weighted by atomic mass is 16.3. The number of hydrogen-bond donors (Lipinski definition) is 2. The van der Waals surface area contributed by atoms with E-state index in [9.17, 15) is 19.8 Å². The summed E-state index contributed by atoms with van der Waals surface area (Å²) in [7, 11) is 0. The van der Waals surface area contributed by atoms with E-state index in [0.29, 0.717) is 12.0 Å². The molecule has 0 saturated carbocycles. The third-order valence-electron chi connectivity index (χ3n) is 6.71. The van der Waals surface area contributed by atoms with Crippen molar-refractivity contribution >= 4 is 11.6 Å². The Balaban J connectivity index is 1.99. The summed E-state index contributed by atoms with van der Waals surface area (Å²) in [6.45, 7) is 12.7. The highest BCUT2D eigenvalue weighted by Crippen LogP contribution is 2.57. The van der Waals surface area contributed by atoms with Crippen molar-refractivity contribution in [3.63, 3.8) is 0 Å². The summed E-state index contributed by atoms with van der Waals surface area (Å²) in [6.07, 6.45) is 5.51. The second-order valence-corrected chi connectivity index (χ2v) is 10.8. The second kappa shape index (κ2) is 7.00. The van der Waals surface area contributed by atoms with Crippen molar-refractivity contribution < 1.29 is 19.8 Å². The van der Waals surface area contributed by atoms with Crippen molar-refractivity contribution in [3.05, 3.63) is 58.7 Å². The van der Waals surface area contributed by atoms with E-state index in [1.807, 2.05) is 18.2 Å². The van der Waals surface area contributed by atoms with Gasteiger partial charge in [0, 0.05) is 16.9 Å². The Kier molecular flexibility index (Phi) is 5.28. The lowest BCUT2D eigenvalue weighted by molar-refractivity contribution is -0.136. The van der Waals surface area contributed by atoms with E-state index in [1.165, 1.54) is 25.0 Å². The first kappa shape index (κ1) is 22.6. The van der Waals surface area contributed by atoms with E-state index in [4.69, 9.17) is 0 Å². The van der Waals surface area contributed by atoms with Crippen molar-refractivity contribution in [2.45, 2.75) is 77.9 Å². The predicted octanol–water partition coefficient (Wildman–Crippen LogP) is 4.54. The summed E-state index contributed by atoms with van der Waals surface area (Å²) in [5.41, 5.74) is 1.01.